The molecule has 0 aliphatic carbocycles. The van der Waals surface area contributed by atoms with Crippen LogP contribution >= 0.6 is 0 Å². The summed E-state index contributed by atoms with van der Waals surface area (Å²) in [5.74, 6) is 0. The van der Waals surface area contributed by atoms with Crippen molar-refractivity contribution in [3.8, 4) is 0 Å². The standard InChI is InChI=1S/C13H24O/c1-5-6-7-10-13(4,14)11-8-9-12(2)3/h7,10,14H,2,5-6,8-9,11H2,1,3-4H3. The maximum atomic E-state index is 9.94. The Labute approximate surface area is 88.5 Å². The van der Waals surface area contributed by atoms with Gasteiger partial charge in [0.1, 0.15) is 0 Å². The first-order chi connectivity index (χ1) is 6.48. The third kappa shape index (κ3) is 8.06. The Morgan fingerprint density at radius 1 is 1.50 bits per heavy atom. The lowest BCUT2D eigenvalue weighted by Crippen LogP contribution is -2.20. The van der Waals surface area contributed by atoms with Gasteiger partial charge in [0.05, 0.1) is 5.60 Å². The molecule has 0 spiro atoms. The first-order valence-corrected chi connectivity index (χ1v) is 5.52. The Balaban J connectivity index is 3.76. The molecule has 0 amide bonds. The van der Waals surface area contributed by atoms with E-state index in [2.05, 4.69) is 19.6 Å². The lowest BCUT2D eigenvalue weighted by molar-refractivity contribution is 0.0992. The molecule has 82 valence electrons. The van der Waals surface area contributed by atoms with E-state index in [0.29, 0.717) is 0 Å². The van der Waals surface area contributed by atoms with E-state index in [1.807, 2.05) is 19.9 Å². The molecule has 0 aliphatic rings. The van der Waals surface area contributed by atoms with Crippen LogP contribution < -0.4 is 0 Å². The SMILES string of the molecule is C=C(C)CCCC(C)(O)C=CCCC. The minimum Gasteiger partial charge on any atom is -0.386 e. The van der Waals surface area contributed by atoms with E-state index in [0.717, 1.165) is 32.1 Å². The molecule has 0 aliphatic heterocycles. The minimum absolute atomic E-state index is 0.634. The molecule has 1 N–H and O–H groups in total. The van der Waals surface area contributed by atoms with Crippen molar-refractivity contribution in [1.82, 2.24) is 0 Å². The van der Waals surface area contributed by atoms with E-state index in [4.69, 9.17) is 0 Å². The maximum Gasteiger partial charge on any atom is 0.0799 e. The van der Waals surface area contributed by atoms with Crippen LogP contribution in [0.3, 0.4) is 0 Å². The Hall–Kier alpha value is -0.560. The Morgan fingerprint density at radius 3 is 2.64 bits per heavy atom. The molecule has 1 nitrogen and oxygen atoms in total. The maximum absolute atomic E-state index is 9.94. The second-order valence-corrected chi connectivity index (χ2v) is 4.36. The number of hydrogen-bond acceptors (Lipinski definition) is 1. The third-order valence-corrected chi connectivity index (χ3v) is 2.22. The first kappa shape index (κ1) is 13.4. The van der Waals surface area contributed by atoms with Gasteiger partial charge in [-0.15, -0.1) is 6.58 Å². The van der Waals surface area contributed by atoms with Gasteiger partial charge in [-0.25, -0.2) is 0 Å². The van der Waals surface area contributed by atoms with E-state index < -0.39 is 5.60 Å². The number of rotatable bonds is 7. The zero-order valence-electron chi connectivity index (χ0n) is 9.84. The molecule has 0 saturated heterocycles. The summed E-state index contributed by atoms with van der Waals surface area (Å²) >= 11 is 0. The topological polar surface area (TPSA) is 20.2 Å². The van der Waals surface area contributed by atoms with Crippen molar-refractivity contribution in [2.24, 2.45) is 0 Å². The van der Waals surface area contributed by atoms with Crippen LogP contribution in [0.5, 0.6) is 0 Å². The zero-order chi connectivity index (χ0) is 11.0. The summed E-state index contributed by atoms with van der Waals surface area (Å²) in [5.41, 5.74) is 0.559. The van der Waals surface area contributed by atoms with E-state index in [-0.39, 0.29) is 0 Å². The molecule has 0 aromatic heterocycles. The Kier molecular flexibility index (Phi) is 6.56. The van der Waals surface area contributed by atoms with Crippen molar-refractivity contribution in [3.63, 3.8) is 0 Å². The van der Waals surface area contributed by atoms with Crippen molar-refractivity contribution in [3.05, 3.63) is 24.3 Å². The fraction of sp³-hybridized carbons (Fsp3) is 0.692. The van der Waals surface area contributed by atoms with E-state index in [9.17, 15) is 5.11 Å². The zero-order valence-corrected chi connectivity index (χ0v) is 9.84. The van der Waals surface area contributed by atoms with Gasteiger partial charge in [-0.2, -0.15) is 0 Å². The highest BCUT2D eigenvalue weighted by Crippen LogP contribution is 2.17. The van der Waals surface area contributed by atoms with E-state index >= 15 is 0 Å². The van der Waals surface area contributed by atoms with Crippen molar-refractivity contribution in [2.45, 2.75) is 58.5 Å². The average Bonchev–Trinajstić information content (AvgIpc) is 2.03. The van der Waals surface area contributed by atoms with E-state index in [1.165, 1.54) is 5.57 Å². The van der Waals surface area contributed by atoms with Gasteiger partial charge in [0.2, 0.25) is 0 Å². The summed E-state index contributed by atoms with van der Waals surface area (Å²) in [4.78, 5) is 0. The highest BCUT2D eigenvalue weighted by molar-refractivity contribution is 4.99. The number of hydrogen-bond donors (Lipinski definition) is 1. The monoisotopic (exact) mass is 196 g/mol. The fourth-order valence-electron chi connectivity index (χ4n) is 1.34. The van der Waals surface area contributed by atoms with E-state index in [1.54, 1.807) is 0 Å². The van der Waals surface area contributed by atoms with Gasteiger partial charge in [0.25, 0.3) is 0 Å². The predicted octanol–water partition coefficient (Wildman–Crippen LogP) is 3.84. The lowest BCUT2D eigenvalue weighted by Gasteiger charge is -2.18. The predicted molar refractivity (Wildman–Crippen MR) is 63.3 cm³/mol. The molecule has 0 bridgehead atoms. The average molecular weight is 196 g/mol. The number of aliphatic hydroxyl groups is 1. The van der Waals surface area contributed by atoms with Gasteiger partial charge in [-0.1, -0.05) is 31.1 Å². The highest BCUT2D eigenvalue weighted by Gasteiger charge is 2.14. The minimum atomic E-state index is -0.634. The second-order valence-electron chi connectivity index (χ2n) is 4.36. The molecule has 0 aromatic carbocycles. The summed E-state index contributed by atoms with van der Waals surface area (Å²) in [7, 11) is 0. The quantitative estimate of drug-likeness (QED) is 0.613. The fourth-order valence-corrected chi connectivity index (χ4v) is 1.34. The molecule has 0 aromatic rings. The molecule has 1 atom stereocenters. The summed E-state index contributed by atoms with van der Waals surface area (Å²) in [6.07, 6.45) is 9.03. The van der Waals surface area contributed by atoms with Crippen molar-refractivity contribution in [1.29, 1.82) is 0 Å². The van der Waals surface area contributed by atoms with Gasteiger partial charge < -0.3 is 5.11 Å². The largest absolute Gasteiger partial charge is 0.386 e. The summed E-state index contributed by atoms with van der Waals surface area (Å²) in [6, 6.07) is 0. The van der Waals surface area contributed by atoms with Crippen LogP contribution in [0, 0.1) is 0 Å². The van der Waals surface area contributed by atoms with Crippen molar-refractivity contribution < 1.29 is 5.11 Å². The Bertz CT molecular complexity index is 189. The van der Waals surface area contributed by atoms with Gasteiger partial charge >= 0.3 is 0 Å². The van der Waals surface area contributed by atoms with Gasteiger partial charge in [0, 0.05) is 0 Å². The van der Waals surface area contributed by atoms with Crippen molar-refractivity contribution >= 4 is 0 Å². The molecular weight excluding hydrogens is 172 g/mol. The first-order valence-electron chi connectivity index (χ1n) is 5.52. The van der Waals surface area contributed by atoms with Crippen LogP contribution in [0.1, 0.15) is 52.9 Å². The normalized spacial score (nSPS) is 15.7. The van der Waals surface area contributed by atoms with Crippen molar-refractivity contribution in [2.75, 3.05) is 0 Å². The smallest absolute Gasteiger partial charge is 0.0799 e. The van der Waals surface area contributed by atoms with Crippen LogP contribution in [-0.4, -0.2) is 10.7 Å². The van der Waals surface area contributed by atoms with Gasteiger partial charge in [-0.05, 0) is 39.5 Å². The molecule has 0 fully saturated rings. The van der Waals surface area contributed by atoms with Gasteiger partial charge in [0.15, 0.2) is 0 Å². The highest BCUT2D eigenvalue weighted by atomic mass is 16.3. The second kappa shape index (κ2) is 6.83. The summed E-state index contributed by atoms with van der Waals surface area (Å²) in [6.45, 7) is 9.89. The van der Waals surface area contributed by atoms with Gasteiger partial charge in [-0.3, -0.25) is 0 Å². The molecule has 0 radical (unpaired) electrons. The molecule has 0 saturated carbocycles. The van der Waals surface area contributed by atoms with Crippen LogP contribution in [0.2, 0.25) is 0 Å². The van der Waals surface area contributed by atoms with Crippen LogP contribution in [0.25, 0.3) is 0 Å². The molecule has 14 heavy (non-hydrogen) atoms. The summed E-state index contributed by atoms with van der Waals surface area (Å²) < 4.78 is 0. The lowest BCUT2D eigenvalue weighted by atomic mass is 9.97. The third-order valence-electron chi connectivity index (χ3n) is 2.22. The van der Waals surface area contributed by atoms with Crippen LogP contribution in [0.15, 0.2) is 24.3 Å². The molecular formula is C13H24O. The Morgan fingerprint density at radius 2 is 2.14 bits per heavy atom. The molecule has 1 unspecified atom stereocenters. The number of allylic oxidation sites excluding steroid dienone is 2. The molecule has 1 heteroatoms. The molecule has 0 rings (SSSR count). The number of unbranched alkanes of at least 4 members (excludes halogenated alkanes) is 1. The summed E-state index contributed by atoms with van der Waals surface area (Å²) in [5, 5.41) is 9.94. The molecule has 0 heterocycles. The van der Waals surface area contributed by atoms with Crippen LogP contribution in [-0.2, 0) is 0 Å². The van der Waals surface area contributed by atoms with Crippen LogP contribution in [0.4, 0.5) is 0 Å².